The van der Waals surface area contributed by atoms with Gasteiger partial charge in [0.15, 0.2) is 0 Å². The molecule has 0 radical (unpaired) electrons. The molecule has 2 unspecified atom stereocenters. The average molecular weight is 274 g/mol. The van der Waals surface area contributed by atoms with E-state index in [-0.39, 0.29) is 0 Å². The van der Waals surface area contributed by atoms with Gasteiger partial charge in [-0.2, -0.15) is 0 Å². The van der Waals surface area contributed by atoms with Crippen LogP contribution >= 0.6 is 0 Å². The molecule has 2 rings (SSSR count). The molecule has 0 saturated carbocycles. The number of hydrogen-bond donors (Lipinski definition) is 1. The van der Waals surface area contributed by atoms with Crippen molar-refractivity contribution in [1.82, 2.24) is 10.2 Å². The van der Waals surface area contributed by atoms with Crippen LogP contribution in [0.4, 0.5) is 0 Å². The van der Waals surface area contributed by atoms with E-state index in [9.17, 15) is 0 Å². The van der Waals surface area contributed by atoms with Crippen LogP contribution < -0.4 is 5.32 Å². The van der Waals surface area contributed by atoms with Gasteiger partial charge in [0, 0.05) is 19.1 Å². The first-order valence-electron chi connectivity index (χ1n) is 8.21. The van der Waals surface area contributed by atoms with Gasteiger partial charge in [-0.1, -0.05) is 38.1 Å². The SMILES string of the molecule is CCNCCc1ccc(CN2CC(C)CCC2C)cc1. The minimum atomic E-state index is 0.736. The Morgan fingerprint density at radius 2 is 1.80 bits per heavy atom. The Hall–Kier alpha value is -0.860. The lowest BCUT2D eigenvalue weighted by atomic mass is 9.94. The predicted molar refractivity (Wildman–Crippen MR) is 87.0 cm³/mol. The zero-order chi connectivity index (χ0) is 14.4. The van der Waals surface area contributed by atoms with E-state index >= 15 is 0 Å². The Kier molecular flexibility index (Phi) is 6.06. The summed E-state index contributed by atoms with van der Waals surface area (Å²) in [4.78, 5) is 2.64. The molecule has 0 aliphatic carbocycles. The maximum atomic E-state index is 3.38. The van der Waals surface area contributed by atoms with Gasteiger partial charge in [-0.05, 0) is 56.3 Å². The summed E-state index contributed by atoms with van der Waals surface area (Å²) in [5.41, 5.74) is 2.90. The molecule has 20 heavy (non-hydrogen) atoms. The number of nitrogens with zero attached hydrogens (tertiary/aromatic N) is 1. The highest BCUT2D eigenvalue weighted by Crippen LogP contribution is 2.23. The lowest BCUT2D eigenvalue weighted by Gasteiger charge is -2.36. The van der Waals surface area contributed by atoms with Gasteiger partial charge in [0.05, 0.1) is 0 Å². The van der Waals surface area contributed by atoms with Crippen LogP contribution in [0, 0.1) is 5.92 Å². The molecule has 1 aromatic rings. The summed E-state index contributed by atoms with van der Waals surface area (Å²) in [5, 5.41) is 3.38. The van der Waals surface area contributed by atoms with Crippen molar-refractivity contribution >= 4 is 0 Å². The molecule has 2 heteroatoms. The molecule has 1 saturated heterocycles. The maximum Gasteiger partial charge on any atom is 0.0236 e. The fourth-order valence-corrected chi connectivity index (χ4v) is 3.06. The number of likely N-dealkylation sites (tertiary alicyclic amines) is 1. The summed E-state index contributed by atoms with van der Waals surface area (Å²) in [5.74, 6) is 0.852. The highest BCUT2D eigenvalue weighted by atomic mass is 15.2. The molecule has 112 valence electrons. The summed E-state index contributed by atoms with van der Waals surface area (Å²) in [6.45, 7) is 11.4. The second-order valence-electron chi connectivity index (χ2n) is 6.38. The van der Waals surface area contributed by atoms with E-state index in [0.717, 1.165) is 38.0 Å². The van der Waals surface area contributed by atoms with Crippen LogP contribution in [0.3, 0.4) is 0 Å². The molecule has 0 amide bonds. The molecular formula is C18H30N2. The highest BCUT2D eigenvalue weighted by molar-refractivity contribution is 5.23. The lowest BCUT2D eigenvalue weighted by molar-refractivity contribution is 0.117. The van der Waals surface area contributed by atoms with Gasteiger partial charge in [0.1, 0.15) is 0 Å². The van der Waals surface area contributed by atoms with Crippen molar-refractivity contribution in [2.24, 2.45) is 5.92 Å². The van der Waals surface area contributed by atoms with Gasteiger partial charge in [-0.3, -0.25) is 4.90 Å². The Morgan fingerprint density at radius 3 is 2.50 bits per heavy atom. The van der Waals surface area contributed by atoms with Gasteiger partial charge in [-0.25, -0.2) is 0 Å². The van der Waals surface area contributed by atoms with E-state index in [1.54, 1.807) is 0 Å². The third-order valence-corrected chi connectivity index (χ3v) is 4.50. The third kappa shape index (κ3) is 4.60. The molecule has 1 N–H and O–H groups in total. The Morgan fingerprint density at radius 1 is 1.10 bits per heavy atom. The van der Waals surface area contributed by atoms with Crippen LogP contribution in [0.25, 0.3) is 0 Å². The van der Waals surface area contributed by atoms with E-state index in [2.05, 4.69) is 55.3 Å². The van der Waals surface area contributed by atoms with Crippen molar-refractivity contribution in [3.63, 3.8) is 0 Å². The lowest BCUT2D eigenvalue weighted by Crippen LogP contribution is -2.40. The zero-order valence-electron chi connectivity index (χ0n) is 13.4. The van der Waals surface area contributed by atoms with Crippen LogP contribution in [-0.2, 0) is 13.0 Å². The standard InChI is InChI=1S/C18H30N2/c1-4-19-12-11-17-7-9-18(10-8-17)14-20-13-15(2)5-6-16(20)3/h7-10,15-16,19H,4-6,11-14H2,1-3H3. The van der Waals surface area contributed by atoms with Gasteiger partial charge in [0.2, 0.25) is 0 Å². The van der Waals surface area contributed by atoms with Crippen LogP contribution in [0.1, 0.15) is 44.7 Å². The molecule has 1 aliphatic heterocycles. The van der Waals surface area contributed by atoms with Gasteiger partial charge >= 0.3 is 0 Å². The quantitative estimate of drug-likeness (QED) is 0.799. The second-order valence-corrected chi connectivity index (χ2v) is 6.38. The average Bonchev–Trinajstić information content (AvgIpc) is 2.45. The number of piperidine rings is 1. The van der Waals surface area contributed by atoms with Crippen molar-refractivity contribution < 1.29 is 0 Å². The van der Waals surface area contributed by atoms with Crippen LogP contribution in [0.2, 0.25) is 0 Å². The summed E-state index contributed by atoms with van der Waals surface area (Å²) in [6.07, 6.45) is 3.87. The minimum absolute atomic E-state index is 0.736. The summed E-state index contributed by atoms with van der Waals surface area (Å²) in [7, 11) is 0. The van der Waals surface area contributed by atoms with E-state index in [1.807, 2.05) is 0 Å². The van der Waals surface area contributed by atoms with Crippen molar-refractivity contribution in [3.05, 3.63) is 35.4 Å². The Labute approximate surface area is 124 Å². The molecule has 2 atom stereocenters. The Balaban J connectivity index is 1.86. The molecule has 1 aromatic carbocycles. The van der Waals surface area contributed by atoms with E-state index in [1.165, 1.54) is 30.5 Å². The van der Waals surface area contributed by atoms with Crippen molar-refractivity contribution in [1.29, 1.82) is 0 Å². The van der Waals surface area contributed by atoms with E-state index in [4.69, 9.17) is 0 Å². The van der Waals surface area contributed by atoms with Crippen LogP contribution in [-0.4, -0.2) is 30.6 Å². The molecule has 0 bridgehead atoms. The normalized spacial score (nSPS) is 23.9. The smallest absolute Gasteiger partial charge is 0.0236 e. The molecule has 1 heterocycles. The minimum Gasteiger partial charge on any atom is -0.317 e. The first-order valence-corrected chi connectivity index (χ1v) is 8.21. The molecule has 1 fully saturated rings. The zero-order valence-corrected chi connectivity index (χ0v) is 13.4. The third-order valence-electron chi connectivity index (χ3n) is 4.50. The molecule has 1 aliphatic rings. The molecule has 0 aromatic heterocycles. The summed E-state index contributed by atoms with van der Waals surface area (Å²) in [6, 6.07) is 9.95. The fraction of sp³-hybridized carbons (Fsp3) is 0.667. The van der Waals surface area contributed by atoms with Crippen molar-refractivity contribution in [3.8, 4) is 0 Å². The van der Waals surface area contributed by atoms with Gasteiger partial charge in [0.25, 0.3) is 0 Å². The number of nitrogens with one attached hydrogen (secondary N) is 1. The number of likely N-dealkylation sites (N-methyl/N-ethyl adjacent to an activating group) is 1. The van der Waals surface area contributed by atoms with Gasteiger partial charge in [-0.15, -0.1) is 0 Å². The molecule has 2 nitrogen and oxygen atoms in total. The fourth-order valence-electron chi connectivity index (χ4n) is 3.06. The number of hydrogen-bond acceptors (Lipinski definition) is 2. The second kappa shape index (κ2) is 7.80. The maximum absolute atomic E-state index is 3.38. The first-order chi connectivity index (χ1) is 9.69. The van der Waals surface area contributed by atoms with Crippen LogP contribution in [0.15, 0.2) is 24.3 Å². The largest absolute Gasteiger partial charge is 0.317 e. The van der Waals surface area contributed by atoms with Crippen molar-refractivity contribution in [2.75, 3.05) is 19.6 Å². The van der Waals surface area contributed by atoms with Gasteiger partial charge < -0.3 is 5.32 Å². The van der Waals surface area contributed by atoms with Crippen LogP contribution in [0.5, 0.6) is 0 Å². The molecular weight excluding hydrogens is 244 g/mol. The first kappa shape index (κ1) is 15.5. The number of rotatable bonds is 6. The molecule has 0 spiro atoms. The summed E-state index contributed by atoms with van der Waals surface area (Å²) >= 11 is 0. The summed E-state index contributed by atoms with van der Waals surface area (Å²) < 4.78 is 0. The van der Waals surface area contributed by atoms with Crippen molar-refractivity contribution in [2.45, 2.75) is 52.6 Å². The number of benzene rings is 1. The highest BCUT2D eigenvalue weighted by Gasteiger charge is 2.22. The van der Waals surface area contributed by atoms with E-state index in [0.29, 0.717) is 0 Å². The van der Waals surface area contributed by atoms with E-state index < -0.39 is 0 Å². The Bertz CT molecular complexity index is 385. The monoisotopic (exact) mass is 274 g/mol. The predicted octanol–water partition coefficient (Wildman–Crippen LogP) is 3.46. The topological polar surface area (TPSA) is 15.3 Å².